The van der Waals surface area contributed by atoms with Gasteiger partial charge in [0.2, 0.25) is 0 Å². The van der Waals surface area contributed by atoms with Crippen LogP contribution in [0.15, 0.2) is 23.7 Å². The molecule has 0 amide bonds. The molecule has 0 aliphatic carbocycles. The zero-order valence-corrected chi connectivity index (χ0v) is 12.9. The first kappa shape index (κ1) is 16.8. The third-order valence-corrected chi connectivity index (χ3v) is 2.11. The molecular weight excluding hydrogens is 341 g/mol. The second kappa shape index (κ2) is 10.9. The van der Waals surface area contributed by atoms with Gasteiger partial charge in [0.1, 0.15) is 0 Å². The molecule has 2 N–H and O–H groups in total. The molecule has 0 atom stereocenters. The number of halogens is 1. The molecule has 0 aliphatic rings. The number of terminal acetylenes is 1. The summed E-state index contributed by atoms with van der Waals surface area (Å²) in [4.78, 5) is 8.40. The highest BCUT2D eigenvalue weighted by molar-refractivity contribution is 14.0. The summed E-state index contributed by atoms with van der Waals surface area (Å²) < 4.78 is 2.04. The summed E-state index contributed by atoms with van der Waals surface area (Å²) in [7, 11) is 0. The van der Waals surface area contributed by atoms with E-state index in [0.29, 0.717) is 6.54 Å². The lowest BCUT2D eigenvalue weighted by Crippen LogP contribution is -2.37. The van der Waals surface area contributed by atoms with Crippen molar-refractivity contribution >= 4 is 29.9 Å². The van der Waals surface area contributed by atoms with Gasteiger partial charge >= 0.3 is 0 Å². The quantitative estimate of drug-likeness (QED) is 0.262. The minimum absolute atomic E-state index is 0. The van der Waals surface area contributed by atoms with Gasteiger partial charge < -0.3 is 15.2 Å². The van der Waals surface area contributed by atoms with Crippen LogP contribution in [0.5, 0.6) is 0 Å². The fourth-order valence-corrected chi connectivity index (χ4v) is 1.34. The molecule has 1 aromatic rings. The molecule has 0 spiro atoms. The number of nitrogens with one attached hydrogen (secondary N) is 2. The van der Waals surface area contributed by atoms with Gasteiger partial charge in [0, 0.05) is 32.0 Å². The predicted molar refractivity (Wildman–Crippen MR) is 85.1 cm³/mol. The number of nitrogens with zero attached hydrogens (tertiary/aromatic N) is 3. The molecule has 0 fully saturated rings. The maximum atomic E-state index is 5.19. The minimum Gasteiger partial charge on any atom is -0.357 e. The van der Waals surface area contributed by atoms with E-state index >= 15 is 0 Å². The van der Waals surface area contributed by atoms with Crippen LogP contribution in [0, 0.1) is 12.3 Å². The second-order valence-corrected chi connectivity index (χ2v) is 3.47. The van der Waals surface area contributed by atoms with Gasteiger partial charge in [-0.05, 0) is 13.3 Å². The monoisotopic (exact) mass is 361 g/mol. The fourth-order valence-electron chi connectivity index (χ4n) is 1.34. The number of hydrogen-bond acceptors (Lipinski definition) is 2. The molecule has 0 bridgehead atoms. The van der Waals surface area contributed by atoms with Crippen molar-refractivity contribution in [2.24, 2.45) is 4.99 Å². The Morgan fingerprint density at radius 2 is 2.33 bits per heavy atom. The normalized spacial score (nSPS) is 10.3. The molecule has 0 aliphatic heterocycles. The maximum Gasteiger partial charge on any atom is 0.192 e. The van der Waals surface area contributed by atoms with E-state index in [2.05, 4.69) is 26.5 Å². The summed E-state index contributed by atoms with van der Waals surface area (Å²) in [5, 5.41) is 6.18. The molecule has 0 radical (unpaired) electrons. The number of imidazole rings is 1. The van der Waals surface area contributed by atoms with Crippen LogP contribution in [-0.2, 0) is 6.54 Å². The molecule has 1 heterocycles. The molecule has 0 saturated carbocycles. The number of aryl methyl sites for hydroxylation is 1. The van der Waals surface area contributed by atoms with Crippen LogP contribution in [0.1, 0.15) is 13.3 Å². The fraction of sp³-hybridized carbons (Fsp3) is 0.500. The van der Waals surface area contributed by atoms with Crippen molar-refractivity contribution in [3.8, 4) is 12.3 Å². The molecule has 100 valence electrons. The number of guanidine groups is 1. The first-order valence-corrected chi connectivity index (χ1v) is 5.78. The molecule has 0 aromatic carbocycles. The third kappa shape index (κ3) is 7.17. The van der Waals surface area contributed by atoms with Crippen LogP contribution in [0.2, 0.25) is 0 Å². The zero-order chi connectivity index (χ0) is 12.3. The molecular formula is C12H20IN5. The molecule has 5 nitrogen and oxygen atoms in total. The summed E-state index contributed by atoms with van der Waals surface area (Å²) in [5.41, 5.74) is 0. The minimum atomic E-state index is 0. The molecule has 6 heteroatoms. The van der Waals surface area contributed by atoms with Gasteiger partial charge in [-0.2, -0.15) is 0 Å². The summed E-state index contributed by atoms with van der Waals surface area (Å²) in [5.74, 6) is 3.30. The predicted octanol–water partition coefficient (Wildman–Crippen LogP) is 1.08. The lowest BCUT2D eigenvalue weighted by atomic mass is 10.4. The van der Waals surface area contributed by atoms with Crippen molar-refractivity contribution in [3.63, 3.8) is 0 Å². The van der Waals surface area contributed by atoms with Crippen molar-refractivity contribution in [3.05, 3.63) is 18.7 Å². The molecule has 18 heavy (non-hydrogen) atoms. The Morgan fingerprint density at radius 1 is 1.50 bits per heavy atom. The van der Waals surface area contributed by atoms with Gasteiger partial charge in [-0.3, -0.25) is 4.99 Å². The zero-order valence-electron chi connectivity index (χ0n) is 10.6. The molecule has 1 rings (SSSR count). The highest BCUT2D eigenvalue weighted by Crippen LogP contribution is 1.90. The van der Waals surface area contributed by atoms with E-state index in [1.54, 1.807) is 6.20 Å². The summed E-state index contributed by atoms with van der Waals surface area (Å²) in [6.07, 6.45) is 11.7. The van der Waals surface area contributed by atoms with E-state index in [1.807, 2.05) is 24.0 Å². The molecule has 0 unspecified atom stereocenters. The van der Waals surface area contributed by atoms with Crippen LogP contribution >= 0.6 is 24.0 Å². The highest BCUT2D eigenvalue weighted by Gasteiger charge is 1.94. The first-order chi connectivity index (χ1) is 8.36. The van der Waals surface area contributed by atoms with Crippen LogP contribution in [0.25, 0.3) is 0 Å². The maximum absolute atomic E-state index is 5.19. The van der Waals surface area contributed by atoms with Gasteiger partial charge in [0.25, 0.3) is 0 Å². The number of aliphatic imine (C=N–C) groups is 1. The standard InChI is InChI=1S/C12H19N5.HI/c1-3-6-15-12(14-4-2)16-7-5-9-17-10-8-13-11-17;/h1,8,10-11H,4-7,9H2,2H3,(H2,14,15,16);1H. The van der Waals surface area contributed by atoms with E-state index < -0.39 is 0 Å². The van der Waals surface area contributed by atoms with Crippen LogP contribution in [0.4, 0.5) is 0 Å². The summed E-state index contributed by atoms with van der Waals surface area (Å²) in [6, 6.07) is 0. The van der Waals surface area contributed by atoms with E-state index in [-0.39, 0.29) is 24.0 Å². The Bertz CT molecular complexity index is 366. The Hall–Kier alpha value is -1.23. The van der Waals surface area contributed by atoms with E-state index in [1.165, 1.54) is 0 Å². The largest absolute Gasteiger partial charge is 0.357 e. The third-order valence-electron chi connectivity index (χ3n) is 2.11. The average molecular weight is 361 g/mol. The second-order valence-electron chi connectivity index (χ2n) is 3.47. The summed E-state index contributed by atoms with van der Waals surface area (Å²) >= 11 is 0. The van der Waals surface area contributed by atoms with Crippen LogP contribution < -0.4 is 10.6 Å². The Labute approximate surface area is 125 Å². The smallest absolute Gasteiger partial charge is 0.192 e. The summed E-state index contributed by atoms with van der Waals surface area (Å²) in [6.45, 7) is 5.04. The van der Waals surface area contributed by atoms with Gasteiger partial charge in [0.15, 0.2) is 5.96 Å². The van der Waals surface area contributed by atoms with Crippen molar-refractivity contribution in [1.82, 2.24) is 20.2 Å². The highest BCUT2D eigenvalue weighted by atomic mass is 127. The van der Waals surface area contributed by atoms with Crippen molar-refractivity contribution in [1.29, 1.82) is 0 Å². The van der Waals surface area contributed by atoms with Gasteiger partial charge in [0.05, 0.1) is 12.9 Å². The molecule has 0 saturated heterocycles. The van der Waals surface area contributed by atoms with Crippen LogP contribution in [0.3, 0.4) is 0 Å². The topological polar surface area (TPSA) is 54.2 Å². The molecule has 1 aromatic heterocycles. The number of hydrogen-bond donors (Lipinski definition) is 2. The number of rotatable bonds is 6. The Balaban J connectivity index is 0.00000289. The van der Waals surface area contributed by atoms with Gasteiger partial charge in [-0.25, -0.2) is 4.98 Å². The van der Waals surface area contributed by atoms with E-state index in [9.17, 15) is 0 Å². The van der Waals surface area contributed by atoms with Crippen LogP contribution in [-0.4, -0.2) is 35.1 Å². The van der Waals surface area contributed by atoms with Crippen molar-refractivity contribution < 1.29 is 0 Å². The number of aromatic nitrogens is 2. The first-order valence-electron chi connectivity index (χ1n) is 5.78. The Kier molecular flexibility index (Phi) is 10.2. The van der Waals surface area contributed by atoms with Crippen molar-refractivity contribution in [2.75, 3.05) is 19.6 Å². The Morgan fingerprint density at radius 3 is 2.94 bits per heavy atom. The van der Waals surface area contributed by atoms with E-state index in [0.717, 1.165) is 32.0 Å². The van der Waals surface area contributed by atoms with E-state index in [4.69, 9.17) is 6.42 Å². The van der Waals surface area contributed by atoms with Gasteiger partial charge in [-0.15, -0.1) is 30.4 Å². The van der Waals surface area contributed by atoms with Crippen molar-refractivity contribution in [2.45, 2.75) is 19.9 Å². The average Bonchev–Trinajstić information content (AvgIpc) is 2.84. The van der Waals surface area contributed by atoms with Gasteiger partial charge in [-0.1, -0.05) is 5.92 Å². The lowest BCUT2D eigenvalue weighted by molar-refractivity contribution is 0.648. The SMILES string of the molecule is C#CCNC(=NCCCn1ccnc1)NCC.I. The lowest BCUT2D eigenvalue weighted by Gasteiger charge is -2.08.